The minimum absolute atomic E-state index is 0.903. The Labute approximate surface area is 71.8 Å². The molecule has 0 aromatic rings. The number of rotatable bonds is 4. The first kappa shape index (κ1) is 8.54. The maximum absolute atomic E-state index is 3.71. The molecule has 0 saturated carbocycles. The number of thioether (sulfide) groups is 2. The minimum atomic E-state index is 0.903. The van der Waals surface area contributed by atoms with Crippen LogP contribution in [0.3, 0.4) is 0 Å². The highest BCUT2D eigenvalue weighted by molar-refractivity contribution is 8.20. The number of hydrogen-bond acceptors (Lipinski definition) is 2. The summed E-state index contributed by atoms with van der Waals surface area (Å²) in [5, 5.41) is 0. The molecule has 58 valence electrons. The zero-order valence-corrected chi connectivity index (χ0v) is 7.85. The first-order valence-corrected chi connectivity index (χ1v) is 5.87. The van der Waals surface area contributed by atoms with Gasteiger partial charge >= 0.3 is 0 Å². The predicted molar refractivity (Wildman–Crippen MR) is 52.8 cm³/mol. The van der Waals surface area contributed by atoms with E-state index in [-0.39, 0.29) is 0 Å². The molecule has 1 fully saturated rings. The lowest BCUT2D eigenvalue weighted by Crippen LogP contribution is -1.89. The third-order valence-corrected chi connectivity index (χ3v) is 4.71. The van der Waals surface area contributed by atoms with Crippen molar-refractivity contribution in [2.45, 2.75) is 23.8 Å². The summed E-state index contributed by atoms with van der Waals surface area (Å²) in [5.41, 5.74) is 0. The van der Waals surface area contributed by atoms with Crippen LogP contribution in [0.5, 0.6) is 0 Å². The summed E-state index contributed by atoms with van der Waals surface area (Å²) in [5.74, 6) is 2.73. The first-order chi connectivity index (χ1) is 4.93. The fourth-order valence-electron chi connectivity index (χ4n) is 1.00. The fraction of sp³-hybridized carbons (Fsp3) is 0.750. The van der Waals surface area contributed by atoms with E-state index in [2.05, 4.69) is 30.1 Å². The van der Waals surface area contributed by atoms with E-state index in [1.165, 1.54) is 30.8 Å². The van der Waals surface area contributed by atoms with E-state index in [1.807, 2.05) is 6.08 Å². The van der Waals surface area contributed by atoms with Gasteiger partial charge in [0, 0.05) is 11.5 Å². The molecule has 1 aliphatic rings. The SMILES string of the molecule is C=CCCCC1SCCS1. The first-order valence-electron chi connectivity index (χ1n) is 3.77. The van der Waals surface area contributed by atoms with E-state index in [9.17, 15) is 0 Å². The standard InChI is InChI=1S/C8H14S2/c1-2-3-4-5-8-9-6-7-10-8/h2,8H,1,3-7H2. The highest BCUT2D eigenvalue weighted by Gasteiger charge is 2.14. The van der Waals surface area contributed by atoms with E-state index in [4.69, 9.17) is 0 Å². The summed E-state index contributed by atoms with van der Waals surface area (Å²) in [6.07, 6.45) is 5.91. The van der Waals surface area contributed by atoms with Crippen LogP contribution in [-0.4, -0.2) is 16.1 Å². The molecule has 2 heteroatoms. The molecule has 1 heterocycles. The van der Waals surface area contributed by atoms with Gasteiger partial charge in [-0.1, -0.05) is 6.08 Å². The van der Waals surface area contributed by atoms with Gasteiger partial charge in [-0.3, -0.25) is 0 Å². The summed E-state index contributed by atoms with van der Waals surface area (Å²) in [6.45, 7) is 3.71. The lowest BCUT2D eigenvalue weighted by molar-refractivity contribution is 0.807. The van der Waals surface area contributed by atoms with Crippen molar-refractivity contribution < 1.29 is 0 Å². The third kappa shape index (κ3) is 3.02. The zero-order chi connectivity index (χ0) is 7.23. The summed E-state index contributed by atoms with van der Waals surface area (Å²) in [7, 11) is 0. The van der Waals surface area contributed by atoms with Crippen molar-refractivity contribution in [3.05, 3.63) is 12.7 Å². The monoisotopic (exact) mass is 174 g/mol. The molecule has 0 nitrogen and oxygen atoms in total. The molecule has 0 spiro atoms. The molecule has 0 atom stereocenters. The lowest BCUT2D eigenvalue weighted by atomic mass is 10.2. The number of unbranched alkanes of at least 4 members (excludes halogenated alkanes) is 1. The van der Waals surface area contributed by atoms with Gasteiger partial charge in [-0.15, -0.1) is 30.1 Å². The summed E-state index contributed by atoms with van der Waals surface area (Å²) in [4.78, 5) is 0. The van der Waals surface area contributed by atoms with Crippen LogP contribution in [0.1, 0.15) is 19.3 Å². The molecular weight excluding hydrogens is 160 g/mol. The smallest absolute Gasteiger partial charge is 0.0503 e. The molecule has 0 amide bonds. The third-order valence-electron chi connectivity index (χ3n) is 1.54. The van der Waals surface area contributed by atoms with Crippen LogP contribution in [0.25, 0.3) is 0 Å². The van der Waals surface area contributed by atoms with E-state index in [1.54, 1.807) is 0 Å². The predicted octanol–water partition coefficient (Wildman–Crippen LogP) is 3.15. The highest BCUT2D eigenvalue weighted by atomic mass is 32.2. The summed E-state index contributed by atoms with van der Waals surface area (Å²) in [6, 6.07) is 0. The normalized spacial score (nSPS) is 19.6. The van der Waals surface area contributed by atoms with E-state index >= 15 is 0 Å². The molecule has 1 aliphatic heterocycles. The second-order valence-corrected chi connectivity index (χ2v) is 5.31. The van der Waals surface area contributed by atoms with E-state index in [0.717, 1.165) is 4.58 Å². The van der Waals surface area contributed by atoms with Crippen LogP contribution in [-0.2, 0) is 0 Å². The molecule has 0 radical (unpaired) electrons. The lowest BCUT2D eigenvalue weighted by Gasteiger charge is -2.04. The van der Waals surface area contributed by atoms with Crippen molar-refractivity contribution in [1.29, 1.82) is 0 Å². The van der Waals surface area contributed by atoms with Gasteiger partial charge in [0.2, 0.25) is 0 Å². The van der Waals surface area contributed by atoms with Crippen molar-refractivity contribution in [3.8, 4) is 0 Å². The van der Waals surface area contributed by atoms with Gasteiger partial charge in [0.05, 0.1) is 4.58 Å². The Morgan fingerprint density at radius 3 is 2.70 bits per heavy atom. The van der Waals surface area contributed by atoms with Crippen LogP contribution in [0, 0.1) is 0 Å². The zero-order valence-electron chi connectivity index (χ0n) is 6.21. The number of hydrogen-bond donors (Lipinski definition) is 0. The molecule has 1 rings (SSSR count). The summed E-state index contributed by atoms with van der Waals surface area (Å²) >= 11 is 4.24. The van der Waals surface area contributed by atoms with Crippen LogP contribution in [0.2, 0.25) is 0 Å². The van der Waals surface area contributed by atoms with Gasteiger partial charge in [0.1, 0.15) is 0 Å². The highest BCUT2D eigenvalue weighted by Crippen LogP contribution is 2.35. The van der Waals surface area contributed by atoms with Crippen molar-refractivity contribution in [3.63, 3.8) is 0 Å². The molecule has 0 unspecified atom stereocenters. The van der Waals surface area contributed by atoms with Crippen LogP contribution >= 0.6 is 23.5 Å². The molecule has 1 saturated heterocycles. The molecule has 10 heavy (non-hydrogen) atoms. The Bertz CT molecular complexity index is 95.4. The topological polar surface area (TPSA) is 0 Å². The Kier molecular flexibility index (Phi) is 4.39. The number of allylic oxidation sites excluding steroid dienone is 1. The van der Waals surface area contributed by atoms with E-state index in [0.29, 0.717) is 0 Å². The Balaban J connectivity index is 1.96. The van der Waals surface area contributed by atoms with Crippen molar-refractivity contribution in [1.82, 2.24) is 0 Å². The molecular formula is C8H14S2. The minimum Gasteiger partial charge on any atom is -0.147 e. The maximum Gasteiger partial charge on any atom is 0.0503 e. The fourth-order valence-corrected chi connectivity index (χ4v) is 3.93. The van der Waals surface area contributed by atoms with Crippen molar-refractivity contribution in [2.24, 2.45) is 0 Å². The average Bonchev–Trinajstić information content (AvgIpc) is 2.41. The van der Waals surface area contributed by atoms with Gasteiger partial charge in [-0.25, -0.2) is 0 Å². The van der Waals surface area contributed by atoms with Gasteiger partial charge in [-0.2, -0.15) is 0 Å². The van der Waals surface area contributed by atoms with Gasteiger partial charge in [0.25, 0.3) is 0 Å². The van der Waals surface area contributed by atoms with E-state index < -0.39 is 0 Å². The Morgan fingerprint density at radius 2 is 2.10 bits per heavy atom. The van der Waals surface area contributed by atoms with Gasteiger partial charge < -0.3 is 0 Å². The van der Waals surface area contributed by atoms with Crippen LogP contribution < -0.4 is 0 Å². The molecule has 0 aromatic heterocycles. The quantitative estimate of drug-likeness (QED) is 0.474. The van der Waals surface area contributed by atoms with Gasteiger partial charge in [0.15, 0.2) is 0 Å². The molecule has 0 bridgehead atoms. The van der Waals surface area contributed by atoms with Crippen LogP contribution in [0.15, 0.2) is 12.7 Å². The van der Waals surface area contributed by atoms with Gasteiger partial charge in [-0.05, 0) is 19.3 Å². The van der Waals surface area contributed by atoms with Crippen LogP contribution in [0.4, 0.5) is 0 Å². The largest absolute Gasteiger partial charge is 0.147 e. The summed E-state index contributed by atoms with van der Waals surface area (Å²) < 4.78 is 0.903. The molecule has 0 aromatic carbocycles. The molecule has 0 aliphatic carbocycles. The second-order valence-electron chi connectivity index (χ2n) is 2.39. The van der Waals surface area contributed by atoms with Crippen molar-refractivity contribution >= 4 is 23.5 Å². The Hall–Kier alpha value is 0.440. The van der Waals surface area contributed by atoms with Crippen molar-refractivity contribution in [2.75, 3.05) is 11.5 Å². The average molecular weight is 174 g/mol. The Morgan fingerprint density at radius 1 is 1.40 bits per heavy atom. The second kappa shape index (κ2) is 5.14. The maximum atomic E-state index is 3.71. The molecule has 0 N–H and O–H groups in total.